The lowest BCUT2D eigenvalue weighted by molar-refractivity contribution is -0.0435. The van der Waals surface area contributed by atoms with E-state index in [4.69, 9.17) is 9.47 Å². The van der Waals surface area contributed by atoms with Crippen LogP contribution in [0.15, 0.2) is 131 Å². The van der Waals surface area contributed by atoms with Gasteiger partial charge in [0.05, 0.1) is 28.4 Å². The number of nitrogens with zero attached hydrogens (tertiary/aromatic N) is 5. The zero-order chi connectivity index (χ0) is 54.9. The van der Waals surface area contributed by atoms with Crippen LogP contribution in [0.5, 0.6) is 0 Å². The van der Waals surface area contributed by atoms with E-state index in [2.05, 4.69) is 74.8 Å². The number of anilines is 4. The number of carbonyl (C=O) groups is 1. The second-order valence-electron chi connectivity index (χ2n) is 20.3. The SMILES string of the molecule is COCCN(Pc1ccc(N[C@H](CCN2CCC(COC)CC2)CSc2ccccc2)c(S(=O)(=O)C(F)(F)F)c1)c1ccc(N2CCN(c3cccc(-c4c(C(=O)O)c(C)n(C(C)C)c4-c4ccc(C)cc4)c3)CC2)cc1. The summed E-state index contributed by atoms with van der Waals surface area (Å²) in [5.74, 6) is 0.0609. The lowest BCUT2D eigenvalue weighted by atomic mass is 9.96. The molecule has 0 aliphatic carbocycles. The van der Waals surface area contributed by atoms with Crippen LogP contribution in [0.4, 0.5) is 35.9 Å². The minimum atomic E-state index is -5.75. The largest absolute Gasteiger partial charge is 0.501 e. The van der Waals surface area contributed by atoms with Crippen LogP contribution < -0.4 is 25.1 Å². The molecule has 2 aliphatic rings. The number of carboxylic acids is 1. The van der Waals surface area contributed by atoms with E-state index in [9.17, 15) is 31.5 Å². The zero-order valence-electron chi connectivity index (χ0n) is 44.9. The summed E-state index contributed by atoms with van der Waals surface area (Å²) in [6.07, 6.45) is 2.62. The second-order valence-corrected chi connectivity index (χ2v) is 24.6. The molecule has 5 aromatic carbocycles. The van der Waals surface area contributed by atoms with Gasteiger partial charge in [0.25, 0.3) is 9.84 Å². The van der Waals surface area contributed by atoms with Crippen molar-refractivity contribution in [3.05, 3.63) is 138 Å². The van der Waals surface area contributed by atoms with Gasteiger partial charge < -0.3 is 43.8 Å². The molecule has 1 unspecified atom stereocenters. The number of nitrogens with one attached hydrogen (secondary N) is 1. The monoisotopic (exact) mass is 1110 g/mol. The number of benzene rings is 5. The summed E-state index contributed by atoms with van der Waals surface area (Å²) in [4.78, 5) is 20.2. The number of aromatic carboxylic acids is 1. The van der Waals surface area contributed by atoms with Crippen molar-refractivity contribution in [2.24, 2.45) is 5.92 Å². The molecule has 77 heavy (non-hydrogen) atoms. The molecule has 0 bridgehead atoms. The summed E-state index contributed by atoms with van der Waals surface area (Å²) >= 11 is 1.58. The zero-order valence-corrected chi connectivity index (χ0v) is 47.5. The fourth-order valence-electron chi connectivity index (χ4n) is 10.5. The standard InChI is InChI=1S/C59H72F3N6O6PS2/c1-41(2)68-43(4)55(58(69)70)56(57(68)45-17-15-42(3)16-18-45)46-11-10-12-50(37-46)66-33-31-65(32-34-66)48-19-21-49(22-20-48)67(35-36-73-5)75-51-23-24-53(54(38-51)77(71,72)59(60,61)62)63-47(40-76-52-13-8-7-9-14-52)27-30-64-28-25-44(26-29-64)39-74-6/h7-24,37-38,41,44,47,63,75H,25-36,39-40H2,1-6H3,(H,69,70)/t47-/m1/s1. The third kappa shape index (κ3) is 14.0. The second kappa shape index (κ2) is 25.9. The third-order valence-electron chi connectivity index (χ3n) is 14.6. The van der Waals surface area contributed by atoms with Crippen molar-refractivity contribution < 1.29 is 41.0 Å². The van der Waals surface area contributed by atoms with Crippen LogP contribution in [0.25, 0.3) is 22.4 Å². The van der Waals surface area contributed by atoms with Crippen LogP contribution in [0, 0.1) is 19.8 Å². The van der Waals surface area contributed by atoms with E-state index in [0.29, 0.717) is 59.9 Å². The van der Waals surface area contributed by atoms with Crippen LogP contribution >= 0.6 is 20.5 Å². The van der Waals surface area contributed by atoms with E-state index >= 15 is 0 Å². The van der Waals surface area contributed by atoms with E-state index < -0.39 is 26.2 Å². The molecule has 0 amide bonds. The van der Waals surface area contributed by atoms with Gasteiger partial charge in [-0.3, -0.25) is 0 Å². The van der Waals surface area contributed by atoms with Crippen LogP contribution in [-0.4, -0.2) is 126 Å². The summed E-state index contributed by atoms with van der Waals surface area (Å²) in [6.45, 7) is 15.0. The molecular formula is C59H72F3N6O6PS2. The number of methoxy groups -OCH3 is 2. The topological polar surface area (TPSA) is 120 Å². The average molecular weight is 1110 g/mol. The molecule has 8 rings (SSSR count). The fraction of sp³-hybridized carbons (Fsp3) is 0.407. The van der Waals surface area contributed by atoms with Gasteiger partial charge in [-0.25, -0.2) is 13.2 Å². The van der Waals surface area contributed by atoms with Crippen molar-refractivity contribution in [3.8, 4) is 22.4 Å². The molecule has 2 N–H and O–H groups in total. The van der Waals surface area contributed by atoms with Gasteiger partial charge in [0.1, 0.15) is 0 Å². The maximum Gasteiger partial charge on any atom is 0.501 e. The summed E-state index contributed by atoms with van der Waals surface area (Å²) < 4.78 is 85.6. The lowest BCUT2D eigenvalue weighted by Gasteiger charge is -2.37. The van der Waals surface area contributed by atoms with Crippen molar-refractivity contribution in [1.82, 2.24) is 9.47 Å². The Balaban J connectivity index is 0.980. The number of hydrogen-bond acceptors (Lipinski definition) is 11. The van der Waals surface area contributed by atoms with Gasteiger partial charge in [-0.2, -0.15) is 13.2 Å². The number of ether oxygens (including phenoxy) is 2. The number of hydrogen-bond donors (Lipinski definition) is 2. The number of sulfone groups is 1. The normalized spacial score (nSPS) is 15.5. The van der Waals surface area contributed by atoms with Gasteiger partial charge in [0, 0.05) is 120 Å². The fourth-order valence-corrected chi connectivity index (χ4v) is 13.7. The van der Waals surface area contributed by atoms with Crippen molar-refractivity contribution in [3.63, 3.8) is 0 Å². The highest BCUT2D eigenvalue weighted by Crippen LogP contribution is 2.43. The number of likely N-dealkylation sites (tertiary alicyclic amines) is 1. The van der Waals surface area contributed by atoms with E-state index in [1.54, 1.807) is 32.0 Å². The number of carboxylic acid groups (broad SMARTS) is 1. The summed E-state index contributed by atoms with van der Waals surface area (Å²) in [5.41, 5.74) is 2.82. The molecule has 0 radical (unpaired) electrons. The number of aromatic nitrogens is 1. The lowest BCUT2D eigenvalue weighted by Crippen LogP contribution is -2.46. The van der Waals surface area contributed by atoms with Crippen LogP contribution in [0.2, 0.25) is 0 Å². The molecule has 2 fully saturated rings. The molecule has 2 aliphatic heterocycles. The Morgan fingerprint density at radius 3 is 2.12 bits per heavy atom. The Morgan fingerprint density at radius 2 is 1.49 bits per heavy atom. The van der Waals surface area contributed by atoms with E-state index in [-0.39, 0.29) is 26.5 Å². The number of piperazine rings is 1. The highest BCUT2D eigenvalue weighted by Gasteiger charge is 2.48. The van der Waals surface area contributed by atoms with Crippen molar-refractivity contribution in [2.45, 2.75) is 74.3 Å². The molecule has 3 heterocycles. The quantitative estimate of drug-likeness (QED) is 0.0469. The first-order valence-corrected chi connectivity index (χ1v) is 29.8. The van der Waals surface area contributed by atoms with E-state index in [1.165, 1.54) is 12.1 Å². The minimum Gasteiger partial charge on any atom is -0.478 e. The number of rotatable bonds is 23. The van der Waals surface area contributed by atoms with Crippen LogP contribution in [-0.2, 0) is 19.3 Å². The molecule has 2 atom stereocenters. The maximum atomic E-state index is 14.6. The molecular weight excluding hydrogens is 1040 g/mol. The Kier molecular flexibility index (Phi) is 19.4. The molecule has 12 nitrogen and oxygen atoms in total. The van der Waals surface area contributed by atoms with Crippen LogP contribution in [0.3, 0.4) is 0 Å². The maximum absolute atomic E-state index is 14.6. The van der Waals surface area contributed by atoms with E-state index in [0.717, 1.165) is 103 Å². The smallest absolute Gasteiger partial charge is 0.478 e. The highest BCUT2D eigenvalue weighted by atomic mass is 32.2. The molecule has 1 aromatic heterocycles. The summed E-state index contributed by atoms with van der Waals surface area (Å²) in [7, 11) is -2.65. The van der Waals surface area contributed by atoms with Crippen molar-refractivity contribution in [2.75, 3.05) is 105 Å². The first-order valence-electron chi connectivity index (χ1n) is 26.4. The summed E-state index contributed by atoms with van der Waals surface area (Å²) in [6, 6.07) is 38.4. The first kappa shape index (κ1) is 57.6. The molecule has 0 spiro atoms. The molecule has 412 valence electrons. The number of piperidine rings is 1. The Labute approximate surface area is 458 Å². The van der Waals surface area contributed by atoms with Gasteiger partial charge in [0.15, 0.2) is 0 Å². The number of alkyl halides is 3. The van der Waals surface area contributed by atoms with Gasteiger partial charge in [0.2, 0.25) is 0 Å². The Hall–Kier alpha value is -5.55. The minimum absolute atomic E-state index is 0.0306. The predicted octanol–water partition coefficient (Wildman–Crippen LogP) is 12.0. The molecule has 0 saturated carbocycles. The van der Waals surface area contributed by atoms with E-state index in [1.807, 2.05) is 85.2 Å². The van der Waals surface area contributed by atoms with Crippen molar-refractivity contribution in [1.29, 1.82) is 0 Å². The Bertz CT molecular complexity index is 3020. The summed E-state index contributed by atoms with van der Waals surface area (Å²) in [5, 5.41) is 14.3. The van der Waals surface area contributed by atoms with Gasteiger partial charge in [-0.1, -0.05) is 66.2 Å². The third-order valence-corrected chi connectivity index (χ3v) is 18.7. The van der Waals surface area contributed by atoms with Gasteiger partial charge in [-0.15, -0.1) is 11.8 Å². The Morgan fingerprint density at radius 1 is 0.818 bits per heavy atom. The molecule has 18 heteroatoms. The number of aryl methyl sites for hydroxylation is 1. The molecule has 2 saturated heterocycles. The van der Waals surface area contributed by atoms with Crippen molar-refractivity contribution >= 4 is 64.4 Å². The predicted molar refractivity (Wildman–Crippen MR) is 310 cm³/mol. The highest BCUT2D eigenvalue weighted by molar-refractivity contribution is 7.99. The first-order chi connectivity index (χ1) is 36.9. The number of thioether (sulfide) groups is 1. The van der Waals surface area contributed by atoms with Gasteiger partial charge in [-0.05, 0) is 143 Å². The average Bonchev–Trinajstić information content (AvgIpc) is 3.75. The van der Waals surface area contributed by atoms with Crippen LogP contribution in [0.1, 0.15) is 60.8 Å². The molecule has 6 aromatic rings. The number of halogens is 3. The van der Waals surface area contributed by atoms with Gasteiger partial charge >= 0.3 is 11.5 Å².